The first-order valence-corrected chi connectivity index (χ1v) is 8.04. The summed E-state index contributed by atoms with van der Waals surface area (Å²) in [5.74, 6) is 1.57. The summed E-state index contributed by atoms with van der Waals surface area (Å²) in [6.07, 6.45) is 3.36. The molecule has 4 heterocycles. The molecule has 1 fully saturated rings. The van der Waals surface area contributed by atoms with Gasteiger partial charge >= 0.3 is 0 Å². The Bertz CT molecular complexity index is 851. The van der Waals surface area contributed by atoms with Crippen molar-refractivity contribution in [1.29, 1.82) is 0 Å². The second-order valence-corrected chi connectivity index (χ2v) is 6.07. The number of hydrogen-bond donors (Lipinski definition) is 0. The summed E-state index contributed by atoms with van der Waals surface area (Å²) in [4.78, 5) is 15.4. The number of nitrogens with zero attached hydrogens (tertiary/aromatic N) is 6. The van der Waals surface area contributed by atoms with E-state index in [9.17, 15) is 0 Å². The van der Waals surface area contributed by atoms with Gasteiger partial charge in [-0.1, -0.05) is 6.92 Å². The van der Waals surface area contributed by atoms with Crippen molar-refractivity contribution in [2.24, 2.45) is 0 Å². The molecule has 1 atom stereocenters. The molecule has 0 unspecified atom stereocenters. The minimum atomic E-state index is 0.367. The zero-order valence-corrected chi connectivity index (χ0v) is 13.7. The van der Waals surface area contributed by atoms with E-state index >= 15 is 0 Å². The van der Waals surface area contributed by atoms with Crippen molar-refractivity contribution in [2.45, 2.75) is 39.7 Å². The van der Waals surface area contributed by atoms with Crippen LogP contribution in [0.3, 0.4) is 0 Å². The van der Waals surface area contributed by atoms with Gasteiger partial charge in [0.2, 0.25) is 0 Å². The highest BCUT2D eigenvalue weighted by Gasteiger charge is 2.28. The molecule has 0 aliphatic carbocycles. The van der Waals surface area contributed by atoms with E-state index in [1.165, 1.54) is 5.69 Å². The largest absolute Gasteiger partial charge is 0.422 e. The van der Waals surface area contributed by atoms with Crippen LogP contribution in [0.25, 0.3) is 11.2 Å². The fourth-order valence-electron chi connectivity index (χ4n) is 3.32. The molecule has 0 saturated carbocycles. The monoisotopic (exact) mass is 312 g/mol. The molecular weight excluding hydrogens is 292 g/mol. The molecule has 0 amide bonds. The maximum absolute atomic E-state index is 5.64. The fraction of sp³-hybridized carbons (Fsp3) is 0.500. The van der Waals surface area contributed by atoms with Crippen LogP contribution in [0.1, 0.15) is 36.7 Å². The zero-order valence-electron chi connectivity index (χ0n) is 13.7. The van der Waals surface area contributed by atoms with Gasteiger partial charge in [0.1, 0.15) is 6.33 Å². The summed E-state index contributed by atoms with van der Waals surface area (Å²) in [5, 5.41) is 4.62. The second kappa shape index (κ2) is 5.33. The van der Waals surface area contributed by atoms with Gasteiger partial charge in [0.25, 0.3) is 5.71 Å². The number of oxazole rings is 1. The third kappa shape index (κ3) is 2.36. The first kappa shape index (κ1) is 14.2. The smallest absolute Gasteiger partial charge is 0.252 e. The number of aryl methyl sites for hydroxylation is 3. The van der Waals surface area contributed by atoms with Crippen molar-refractivity contribution >= 4 is 17.0 Å². The molecule has 1 saturated heterocycles. The van der Waals surface area contributed by atoms with Crippen molar-refractivity contribution in [2.75, 3.05) is 18.0 Å². The van der Waals surface area contributed by atoms with Crippen LogP contribution in [-0.4, -0.2) is 37.8 Å². The first-order chi connectivity index (χ1) is 11.2. The van der Waals surface area contributed by atoms with Crippen molar-refractivity contribution in [1.82, 2.24) is 24.7 Å². The predicted molar refractivity (Wildman–Crippen MR) is 86.5 cm³/mol. The Labute approximate surface area is 134 Å². The number of rotatable bonds is 3. The zero-order chi connectivity index (χ0) is 16.0. The van der Waals surface area contributed by atoms with Gasteiger partial charge in [0, 0.05) is 25.2 Å². The summed E-state index contributed by atoms with van der Waals surface area (Å²) in [5.41, 5.74) is 3.60. The lowest BCUT2D eigenvalue weighted by Crippen LogP contribution is -2.23. The normalized spacial score (nSPS) is 18.2. The van der Waals surface area contributed by atoms with Crippen LogP contribution in [-0.2, 0) is 6.42 Å². The third-order valence-electron chi connectivity index (χ3n) is 4.38. The molecule has 0 aromatic carbocycles. The summed E-state index contributed by atoms with van der Waals surface area (Å²) >= 11 is 0. The molecule has 3 aromatic rings. The minimum absolute atomic E-state index is 0.367. The highest BCUT2D eigenvalue weighted by molar-refractivity contribution is 5.81. The highest BCUT2D eigenvalue weighted by atomic mass is 16.4. The van der Waals surface area contributed by atoms with Gasteiger partial charge in [-0.25, -0.2) is 9.97 Å². The SMILES string of the molecule is CCc1nc2c(N3CC[C@H](n4nc(C)cc4C)C3)ncnc2o1. The third-order valence-corrected chi connectivity index (χ3v) is 4.38. The van der Waals surface area contributed by atoms with Gasteiger partial charge in [0.15, 0.2) is 17.2 Å². The molecule has 0 radical (unpaired) electrons. The van der Waals surface area contributed by atoms with E-state index in [1.54, 1.807) is 6.33 Å². The molecule has 4 rings (SSSR count). The quantitative estimate of drug-likeness (QED) is 0.739. The Kier molecular flexibility index (Phi) is 3.28. The van der Waals surface area contributed by atoms with E-state index in [-0.39, 0.29) is 0 Å². The second-order valence-electron chi connectivity index (χ2n) is 6.07. The summed E-state index contributed by atoms with van der Waals surface area (Å²) < 4.78 is 7.78. The Morgan fingerprint density at radius 1 is 1.30 bits per heavy atom. The van der Waals surface area contributed by atoms with E-state index in [1.807, 2.05) is 13.8 Å². The van der Waals surface area contributed by atoms with Gasteiger partial charge in [-0.15, -0.1) is 0 Å². The standard InChI is InChI=1S/C16H20N6O/c1-4-13-19-14-15(17-9-18-16(14)23-13)21-6-5-12(8-21)22-11(3)7-10(2)20-22/h7,9,12H,4-6,8H2,1-3H3/t12-/m0/s1. The topological polar surface area (TPSA) is 72.9 Å². The van der Waals surface area contributed by atoms with Crippen molar-refractivity contribution in [3.8, 4) is 0 Å². The molecule has 23 heavy (non-hydrogen) atoms. The molecule has 7 heteroatoms. The number of aromatic nitrogens is 5. The predicted octanol–water partition coefficient (Wildman–Crippen LogP) is 2.44. The lowest BCUT2D eigenvalue weighted by molar-refractivity contribution is 0.481. The highest BCUT2D eigenvalue weighted by Crippen LogP contribution is 2.30. The summed E-state index contributed by atoms with van der Waals surface area (Å²) in [6, 6.07) is 2.49. The van der Waals surface area contributed by atoms with Crippen LogP contribution in [0.2, 0.25) is 0 Å². The summed E-state index contributed by atoms with van der Waals surface area (Å²) in [7, 11) is 0. The van der Waals surface area contributed by atoms with Crippen molar-refractivity contribution < 1.29 is 4.42 Å². The van der Waals surface area contributed by atoms with E-state index in [0.29, 0.717) is 17.6 Å². The van der Waals surface area contributed by atoms with E-state index < -0.39 is 0 Å². The van der Waals surface area contributed by atoms with E-state index in [2.05, 4.69) is 42.6 Å². The molecule has 0 spiro atoms. The van der Waals surface area contributed by atoms with Crippen LogP contribution in [0.4, 0.5) is 5.82 Å². The average molecular weight is 312 g/mol. The van der Waals surface area contributed by atoms with Crippen LogP contribution in [0.5, 0.6) is 0 Å². The number of anilines is 1. The van der Waals surface area contributed by atoms with E-state index in [4.69, 9.17) is 4.42 Å². The molecule has 1 aliphatic rings. The Morgan fingerprint density at radius 2 is 2.17 bits per heavy atom. The van der Waals surface area contributed by atoms with E-state index in [0.717, 1.165) is 43.0 Å². The molecule has 0 N–H and O–H groups in total. The van der Waals surface area contributed by atoms with Crippen LogP contribution in [0, 0.1) is 13.8 Å². The van der Waals surface area contributed by atoms with Crippen molar-refractivity contribution in [3.05, 3.63) is 29.7 Å². The molecule has 3 aromatic heterocycles. The molecule has 0 bridgehead atoms. The van der Waals surface area contributed by atoms with Crippen LogP contribution < -0.4 is 4.90 Å². The number of fused-ring (bicyclic) bond motifs is 1. The van der Waals surface area contributed by atoms with Gasteiger partial charge in [-0.3, -0.25) is 4.68 Å². The van der Waals surface area contributed by atoms with Crippen LogP contribution >= 0.6 is 0 Å². The molecule has 120 valence electrons. The lowest BCUT2D eigenvalue weighted by Gasteiger charge is -2.18. The number of hydrogen-bond acceptors (Lipinski definition) is 6. The minimum Gasteiger partial charge on any atom is -0.422 e. The average Bonchev–Trinajstić information content (AvgIpc) is 3.24. The maximum atomic E-state index is 5.64. The Balaban J connectivity index is 1.65. The van der Waals surface area contributed by atoms with Gasteiger partial charge < -0.3 is 9.32 Å². The molecule has 1 aliphatic heterocycles. The Hall–Kier alpha value is -2.44. The van der Waals surface area contributed by atoms with Crippen molar-refractivity contribution in [3.63, 3.8) is 0 Å². The van der Waals surface area contributed by atoms with Crippen LogP contribution in [0.15, 0.2) is 16.8 Å². The fourth-order valence-corrected chi connectivity index (χ4v) is 3.32. The molecular formula is C16H20N6O. The Morgan fingerprint density at radius 3 is 2.91 bits per heavy atom. The van der Waals surface area contributed by atoms with Gasteiger partial charge in [-0.2, -0.15) is 10.1 Å². The molecule has 7 nitrogen and oxygen atoms in total. The summed E-state index contributed by atoms with van der Waals surface area (Å²) in [6.45, 7) is 7.97. The van der Waals surface area contributed by atoms with Gasteiger partial charge in [0.05, 0.1) is 11.7 Å². The first-order valence-electron chi connectivity index (χ1n) is 8.04. The lowest BCUT2D eigenvalue weighted by atomic mass is 10.2. The van der Waals surface area contributed by atoms with Gasteiger partial charge in [-0.05, 0) is 26.3 Å². The maximum Gasteiger partial charge on any atom is 0.252 e.